The lowest BCUT2D eigenvalue weighted by atomic mass is 10.1. The van der Waals surface area contributed by atoms with Crippen molar-refractivity contribution in [3.8, 4) is 0 Å². The fourth-order valence-electron chi connectivity index (χ4n) is 1.55. The van der Waals surface area contributed by atoms with Crippen LogP contribution in [-0.4, -0.2) is 45.9 Å². The number of hydrogen-bond acceptors (Lipinski definition) is 5. The van der Waals surface area contributed by atoms with Crippen molar-refractivity contribution in [3.05, 3.63) is 24.0 Å². The Labute approximate surface area is 121 Å². The molecule has 0 aliphatic heterocycles. The van der Waals surface area contributed by atoms with Crippen LogP contribution in [0.5, 0.6) is 0 Å². The normalized spacial score (nSPS) is 12.1. The summed E-state index contributed by atoms with van der Waals surface area (Å²) >= 11 is 0. The SMILES string of the molecule is COC(=O)CCC(NC(=O)/C=C/c1ccnn1C)C(=O)O. The second-order valence-corrected chi connectivity index (χ2v) is 4.23. The van der Waals surface area contributed by atoms with Gasteiger partial charge in [-0.1, -0.05) is 0 Å². The molecule has 8 heteroatoms. The number of aryl methyl sites for hydroxylation is 1. The smallest absolute Gasteiger partial charge is 0.326 e. The van der Waals surface area contributed by atoms with E-state index in [1.54, 1.807) is 24.0 Å². The van der Waals surface area contributed by atoms with Gasteiger partial charge in [-0.05, 0) is 18.6 Å². The zero-order chi connectivity index (χ0) is 15.8. The van der Waals surface area contributed by atoms with Crippen LogP contribution >= 0.6 is 0 Å². The first-order valence-corrected chi connectivity index (χ1v) is 6.20. The molecule has 1 aromatic heterocycles. The van der Waals surface area contributed by atoms with E-state index in [4.69, 9.17) is 5.11 Å². The van der Waals surface area contributed by atoms with Crippen molar-refractivity contribution in [3.63, 3.8) is 0 Å². The van der Waals surface area contributed by atoms with Gasteiger partial charge in [0.05, 0.1) is 12.8 Å². The molecule has 8 nitrogen and oxygen atoms in total. The molecule has 1 unspecified atom stereocenters. The van der Waals surface area contributed by atoms with Crippen LogP contribution in [0.2, 0.25) is 0 Å². The van der Waals surface area contributed by atoms with E-state index < -0.39 is 23.9 Å². The maximum Gasteiger partial charge on any atom is 0.326 e. The minimum atomic E-state index is -1.21. The Morgan fingerprint density at radius 1 is 1.52 bits per heavy atom. The van der Waals surface area contributed by atoms with Crippen LogP contribution in [0, 0.1) is 0 Å². The highest BCUT2D eigenvalue weighted by Gasteiger charge is 2.20. The minimum absolute atomic E-state index is 0.0344. The van der Waals surface area contributed by atoms with E-state index in [1.807, 2.05) is 0 Å². The standard InChI is InChI=1S/C13H17N3O5/c1-16-9(7-8-14-16)3-5-11(17)15-10(13(19)20)4-6-12(18)21-2/h3,5,7-8,10H,4,6H2,1-2H3,(H,15,17)(H,19,20)/b5-3+. The third-order valence-electron chi connectivity index (χ3n) is 2.74. The number of aromatic nitrogens is 2. The summed E-state index contributed by atoms with van der Waals surface area (Å²) in [4.78, 5) is 33.7. The first-order valence-electron chi connectivity index (χ1n) is 6.20. The van der Waals surface area contributed by atoms with Crippen molar-refractivity contribution in [2.45, 2.75) is 18.9 Å². The van der Waals surface area contributed by atoms with Crippen molar-refractivity contribution < 1.29 is 24.2 Å². The molecule has 1 heterocycles. The Morgan fingerprint density at radius 2 is 2.24 bits per heavy atom. The number of carbonyl (C=O) groups is 3. The van der Waals surface area contributed by atoms with Crippen LogP contribution in [0.4, 0.5) is 0 Å². The van der Waals surface area contributed by atoms with E-state index in [-0.39, 0.29) is 12.8 Å². The number of nitrogens with one attached hydrogen (secondary N) is 1. The van der Waals surface area contributed by atoms with Gasteiger partial charge in [0.15, 0.2) is 0 Å². The molecule has 0 radical (unpaired) electrons. The average Bonchev–Trinajstić information content (AvgIpc) is 2.85. The lowest BCUT2D eigenvalue weighted by Crippen LogP contribution is -2.40. The maximum atomic E-state index is 11.7. The Hall–Kier alpha value is -2.64. The van der Waals surface area contributed by atoms with Crippen molar-refractivity contribution in [2.24, 2.45) is 7.05 Å². The number of carbonyl (C=O) groups excluding carboxylic acids is 2. The predicted octanol–water partition coefficient (Wildman–Crippen LogP) is -0.0441. The van der Waals surface area contributed by atoms with Crippen LogP contribution in [-0.2, 0) is 26.2 Å². The summed E-state index contributed by atoms with van der Waals surface area (Å²) in [7, 11) is 2.93. The van der Waals surface area contributed by atoms with Crippen LogP contribution in [0.25, 0.3) is 6.08 Å². The van der Waals surface area contributed by atoms with Crippen molar-refractivity contribution in [1.82, 2.24) is 15.1 Å². The molecule has 1 amide bonds. The van der Waals surface area contributed by atoms with E-state index in [9.17, 15) is 14.4 Å². The molecular weight excluding hydrogens is 278 g/mol. The fourth-order valence-corrected chi connectivity index (χ4v) is 1.55. The Morgan fingerprint density at radius 3 is 2.76 bits per heavy atom. The Bertz CT molecular complexity index is 550. The maximum absolute atomic E-state index is 11.7. The Kier molecular flexibility index (Phi) is 6.12. The fraction of sp³-hybridized carbons (Fsp3) is 0.385. The van der Waals surface area contributed by atoms with E-state index in [0.717, 1.165) is 0 Å². The van der Waals surface area contributed by atoms with Gasteiger partial charge in [-0.2, -0.15) is 5.10 Å². The number of carboxylic acid groups (broad SMARTS) is 1. The van der Waals surface area contributed by atoms with Crippen molar-refractivity contribution in [2.75, 3.05) is 7.11 Å². The molecule has 0 aliphatic carbocycles. The lowest BCUT2D eigenvalue weighted by molar-refractivity contribution is -0.143. The monoisotopic (exact) mass is 295 g/mol. The molecule has 114 valence electrons. The third-order valence-corrected chi connectivity index (χ3v) is 2.74. The largest absolute Gasteiger partial charge is 0.480 e. The highest BCUT2D eigenvalue weighted by Crippen LogP contribution is 2.02. The van der Waals surface area contributed by atoms with Gasteiger partial charge in [0, 0.05) is 25.7 Å². The van der Waals surface area contributed by atoms with E-state index >= 15 is 0 Å². The second-order valence-electron chi connectivity index (χ2n) is 4.23. The van der Waals surface area contributed by atoms with Gasteiger partial charge < -0.3 is 15.2 Å². The van der Waals surface area contributed by atoms with Crippen molar-refractivity contribution in [1.29, 1.82) is 0 Å². The number of methoxy groups -OCH3 is 1. The molecule has 0 bridgehead atoms. The summed E-state index contributed by atoms with van der Waals surface area (Å²) in [6.45, 7) is 0. The third kappa shape index (κ3) is 5.47. The molecule has 1 aromatic rings. The summed E-state index contributed by atoms with van der Waals surface area (Å²) in [5.41, 5.74) is 0.701. The van der Waals surface area contributed by atoms with Crippen LogP contribution < -0.4 is 5.32 Å². The van der Waals surface area contributed by atoms with E-state index in [1.165, 1.54) is 19.3 Å². The molecule has 0 spiro atoms. The molecule has 0 aromatic carbocycles. The number of hydrogen-bond donors (Lipinski definition) is 2. The van der Waals surface area contributed by atoms with Gasteiger partial charge >= 0.3 is 11.9 Å². The molecule has 0 saturated carbocycles. The van der Waals surface area contributed by atoms with E-state index in [2.05, 4.69) is 15.2 Å². The lowest BCUT2D eigenvalue weighted by Gasteiger charge is -2.12. The number of aliphatic carboxylic acids is 1. The topological polar surface area (TPSA) is 111 Å². The number of carboxylic acids is 1. The van der Waals surface area contributed by atoms with Gasteiger partial charge in [0.2, 0.25) is 5.91 Å². The summed E-state index contributed by atoms with van der Waals surface area (Å²) in [5.74, 6) is -2.30. The molecule has 0 aliphatic rings. The number of esters is 1. The van der Waals surface area contributed by atoms with Crippen LogP contribution in [0.15, 0.2) is 18.3 Å². The molecule has 1 rings (SSSR count). The van der Waals surface area contributed by atoms with Gasteiger partial charge in [0.25, 0.3) is 0 Å². The van der Waals surface area contributed by atoms with Gasteiger partial charge in [0.1, 0.15) is 6.04 Å². The second kappa shape index (κ2) is 7.83. The predicted molar refractivity (Wildman–Crippen MR) is 73.1 cm³/mol. The summed E-state index contributed by atoms with van der Waals surface area (Å²) < 4.78 is 5.99. The van der Waals surface area contributed by atoms with Gasteiger partial charge in [-0.25, -0.2) is 4.79 Å². The summed E-state index contributed by atoms with van der Waals surface area (Å²) in [6.07, 6.45) is 4.19. The van der Waals surface area contributed by atoms with E-state index in [0.29, 0.717) is 5.69 Å². The molecule has 0 saturated heterocycles. The first-order chi connectivity index (χ1) is 9.93. The molecule has 0 fully saturated rings. The molecule has 1 atom stereocenters. The highest BCUT2D eigenvalue weighted by atomic mass is 16.5. The number of rotatable bonds is 7. The number of ether oxygens (including phenoxy) is 1. The highest BCUT2D eigenvalue weighted by molar-refractivity contribution is 5.94. The number of amides is 1. The quantitative estimate of drug-likeness (QED) is 0.539. The van der Waals surface area contributed by atoms with Gasteiger partial charge in [-0.3, -0.25) is 14.3 Å². The zero-order valence-electron chi connectivity index (χ0n) is 11.8. The number of nitrogens with zero attached hydrogens (tertiary/aromatic N) is 2. The Balaban J connectivity index is 2.56. The van der Waals surface area contributed by atoms with Gasteiger partial charge in [-0.15, -0.1) is 0 Å². The molecule has 21 heavy (non-hydrogen) atoms. The minimum Gasteiger partial charge on any atom is -0.480 e. The zero-order valence-corrected chi connectivity index (χ0v) is 11.8. The summed E-state index contributed by atoms with van der Waals surface area (Å²) in [5, 5.41) is 15.2. The summed E-state index contributed by atoms with van der Waals surface area (Å²) in [6, 6.07) is 0.559. The molecular formula is C13H17N3O5. The van der Waals surface area contributed by atoms with Crippen molar-refractivity contribution >= 4 is 23.9 Å². The van der Waals surface area contributed by atoms with Crippen LogP contribution in [0.3, 0.4) is 0 Å². The average molecular weight is 295 g/mol. The van der Waals surface area contributed by atoms with Crippen LogP contribution in [0.1, 0.15) is 18.5 Å². The molecule has 2 N–H and O–H groups in total. The first kappa shape index (κ1) is 16.4.